The molecule has 0 heterocycles. The molecule has 1 aromatic carbocycles. The molecule has 0 fully saturated rings. The third-order valence-electron chi connectivity index (χ3n) is 0.930. The molecule has 1 aromatic rings. The van der Waals surface area contributed by atoms with Crippen LogP contribution >= 0.6 is 22.6 Å². The summed E-state index contributed by atoms with van der Waals surface area (Å²) in [6.45, 7) is 2.06. The van der Waals surface area contributed by atoms with Crippen LogP contribution < -0.4 is 0 Å². The van der Waals surface area contributed by atoms with Gasteiger partial charge in [0.2, 0.25) is 0 Å². The maximum absolute atomic E-state index is 3.09. The monoisotopic (exact) mass is 217 g/mol. The van der Waals surface area contributed by atoms with Crippen molar-refractivity contribution >= 4 is 22.6 Å². The molecule has 0 nitrogen and oxygen atoms in total. The van der Waals surface area contributed by atoms with Gasteiger partial charge in [-0.15, -0.1) is 0 Å². The van der Waals surface area contributed by atoms with E-state index in [1.165, 1.54) is 9.13 Å². The zero-order chi connectivity index (χ0) is 5.98. The molecule has 1 radical (unpaired) electrons. The molecule has 0 N–H and O–H groups in total. The molecule has 1 rings (SSSR count). The van der Waals surface area contributed by atoms with Crippen molar-refractivity contribution in [2.45, 2.75) is 6.92 Å². The standard InChI is InChI=1S/C7H6I/c1-6-2-4-7(8)5-3-6/h2-4H,1H3. The molecule has 0 bridgehead atoms. The number of rotatable bonds is 0. The van der Waals surface area contributed by atoms with Gasteiger partial charge in [-0.05, 0) is 41.6 Å². The van der Waals surface area contributed by atoms with Crippen molar-refractivity contribution in [2.24, 2.45) is 0 Å². The highest BCUT2D eigenvalue weighted by atomic mass is 127. The van der Waals surface area contributed by atoms with Crippen LogP contribution in [-0.2, 0) is 0 Å². The van der Waals surface area contributed by atoms with Crippen molar-refractivity contribution in [2.75, 3.05) is 0 Å². The third kappa shape index (κ3) is 1.47. The summed E-state index contributed by atoms with van der Waals surface area (Å²) in [7, 11) is 0. The van der Waals surface area contributed by atoms with Gasteiger partial charge >= 0.3 is 0 Å². The van der Waals surface area contributed by atoms with Crippen LogP contribution in [0.1, 0.15) is 5.56 Å². The first-order chi connectivity index (χ1) is 3.79. The fraction of sp³-hybridized carbons (Fsp3) is 0.143. The average Bonchev–Trinajstić information content (AvgIpc) is 1.77. The van der Waals surface area contributed by atoms with Crippen molar-refractivity contribution in [3.63, 3.8) is 0 Å². The van der Waals surface area contributed by atoms with Gasteiger partial charge in [-0.2, -0.15) is 0 Å². The number of hydrogen-bond donors (Lipinski definition) is 0. The van der Waals surface area contributed by atoms with E-state index in [1.807, 2.05) is 6.07 Å². The van der Waals surface area contributed by atoms with E-state index in [0.717, 1.165) is 0 Å². The Morgan fingerprint density at radius 1 is 1.50 bits per heavy atom. The van der Waals surface area contributed by atoms with E-state index in [9.17, 15) is 0 Å². The Morgan fingerprint density at radius 2 is 2.25 bits per heavy atom. The molecule has 0 saturated heterocycles. The number of aryl methyl sites for hydroxylation is 1. The van der Waals surface area contributed by atoms with Crippen molar-refractivity contribution in [3.05, 3.63) is 33.4 Å². The van der Waals surface area contributed by atoms with Gasteiger partial charge in [0.25, 0.3) is 0 Å². The molecule has 0 aliphatic rings. The highest BCUT2D eigenvalue weighted by molar-refractivity contribution is 14.1. The predicted molar refractivity (Wildman–Crippen MR) is 42.7 cm³/mol. The van der Waals surface area contributed by atoms with E-state index in [0.29, 0.717) is 0 Å². The Hall–Kier alpha value is -0.0500. The van der Waals surface area contributed by atoms with Crippen molar-refractivity contribution < 1.29 is 0 Å². The summed E-state index contributed by atoms with van der Waals surface area (Å²) < 4.78 is 1.17. The number of benzene rings is 1. The van der Waals surface area contributed by atoms with Crippen LogP contribution in [-0.4, -0.2) is 0 Å². The molecule has 8 heavy (non-hydrogen) atoms. The SMILES string of the molecule is Cc1c[c]c(I)cc1. The predicted octanol–water partition coefficient (Wildman–Crippen LogP) is 2.40. The zero-order valence-corrected chi connectivity index (χ0v) is 6.77. The van der Waals surface area contributed by atoms with Crippen LogP contribution in [0.25, 0.3) is 0 Å². The van der Waals surface area contributed by atoms with Gasteiger partial charge in [0.1, 0.15) is 0 Å². The van der Waals surface area contributed by atoms with Gasteiger partial charge in [0, 0.05) is 3.57 Å². The van der Waals surface area contributed by atoms with Gasteiger partial charge in [-0.25, -0.2) is 0 Å². The first-order valence-electron chi connectivity index (χ1n) is 2.43. The van der Waals surface area contributed by atoms with E-state index in [1.54, 1.807) is 0 Å². The molecule has 0 aliphatic carbocycles. The first kappa shape index (κ1) is 6.08. The minimum atomic E-state index is 1.17. The summed E-state index contributed by atoms with van der Waals surface area (Å²) in [5, 5.41) is 0. The van der Waals surface area contributed by atoms with Crippen LogP contribution in [0.2, 0.25) is 0 Å². The zero-order valence-electron chi connectivity index (χ0n) is 4.61. The van der Waals surface area contributed by atoms with Crippen LogP contribution in [0.3, 0.4) is 0 Å². The molecule has 0 atom stereocenters. The molecule has 0 unspecified atom stereocenters. The molecular formula is C7H6I. The normalized spacial score (nSPS) is 9.25. The van der Waals surface area contributed by atoms with Crippen molar-refractivity contribution in [3.8, 4) is 0 Å². The summed E-state index contributed by atoms with van der Waals surface area (Å²) in [4.78, 5) is 0. The van der Waals surface area contributed by atoms with Gasteiger partial charge in [-0.1, -0.05) is 17.7 Å². The van der Waals surface area contributed by atoms with E-state index < -0.39 is 0 Å². The van der Waals surface area contributed by atoms with E-state index in [-0.39, 0.29) is 0 Å². The molecule has 0 aliphatic heterocycles. The second-order valence-electron chi connectivity index (χ2n) is 1.71. The molecule has 1 heteroatoms. The largest absolute Gasteiger partial charge is 0.0582 e. The van der Waals surface area contributed by atoms with Gasteiger partial charge in [0.15, 0.2) is 0 Å². The second-order valence-corrected chi connectivity index (χ2v) is 2.88. The molecule has 0 saturated carbocycles. The summed E-state index contributed by atoms with van der Waals surface area (Å²) >= 11 is 2.24. The van der Waals surface area contributed by atoms with Crippen LogP contribution in [0.15, 0.2) is 18.2 Å². The number of halogens is 1. The van der Waals surface area contributed by atoms with Gasteiger partial charge in [0.05, 0.1) is 0 Å². The molecule has 41 valence electrons. The fourth-order valence-electron chi connectivity index (χ4n) is 0.484. The maximum Gasteiger partial charge on any atom is 0.0209 e. The summed E-state index contributed by atoms with van der Waals surface area (Å²) in [6.07, 6.45) is 0. The van der Waals surface area contributed by atoms with Gasteiger partial charge < -0.3 is 0 Å². The van der Waals surface area contributed by atoms with Gasteiger partial charge in [-0.3, -0.25) is 0 Å². The number of hydrogen-bond acceptors (Lipinski definition) is 0. The second kappa shape index (κ2) is 2.49. The lowest BCUT2D eigenvalue weighted by molar-refractivity contribution is 1.45. The topological polar surface area (TPSA) is 0 Å². The minimum Gasteiger partial charge on any atom is -0.0582 e. The Labute approximate surface area is 63.1 Å². The molecule has 0 spiro atoms. The quantitative estimate of drug-likeness (QED) is 0.585. The Bertz CT molecular complexity index is 143. The summed E-state index contributed by atoms with van der Waals surface area (Å²) in [6, 6.07) is 9.21. The van der Waals surface area contributed by atoms with Crippen molar-refractivity contribution in [1.29, 1.82) is 0 Å². The lowest BCUT2D eigenvalue weighted by Crippen LogP contribution is -1.70. The minimum absolute atomic E-state index is 1.17. The molecule has 0 aromatic heterocycles. The lowest BCUT2D eigenvalue weighted by Gasteiger charge is -1.87. The Kier molecular flexibility index (Phi) is 1.89. The first-order valence-corrected chi connectivity index (χ1v) is 3.51. The average molecular weight is 217 g/mol. The Balaban J connectivity index is 3.03. The molecular weight excluding hydrogens is 211 g/mol. The third-order valence-corrected chi connectivity index (χ3v) is 1.60. The highest BCUT2D eigenvalue weighted by Gasteiger charge is 1.82. The van der Waals surface area contributed by atoms with Crippen LogP contribution in [0, 0.1) is 16.6 Å². The van der Waals surface area contributed by atoms with E-state index in [4.69, 9.17) is 0 Å². The maximum atomic E-state index is 3.09. The molecule has 0 amide bonds. The van der Waals surface area contributed by atoms with Crippen LogP contribution in [0.4, 0.5) is 0 Å². The smallest absolute Gasteiger partial charge is 0.0209 e. The summed E-state index contributed by atoms with van der Waals surface area (Å²) in [5.41, 5.74) is 1.27. The summed E-state index contributed by atoms with van der Waals surface area (Å²) in [5.74, 6) is 0. The highest BCUT2D eigenvalue weighted by Crippen LogP contribution is 2.03. The lowest BCUT2D eigenvalue weighted by atomic mass is 10.2. The van der Waals surface area contributed by atoms with Crippen molar-refractivity contribution in [1.82, 2.24) is 0 Å². The van der Waals surface area contributed by atoms with E-state index >= 15 is 0 Å². The Morgan fingerprint density at radius 3 is 2.62 bits per heavy atom. The van der Waals surface area contributed by atoms with Crippen LogP contribution in [0.5, 0.6) is 0 Å². The fourth-order valence-corrected chi connectivity index (χ4v) is 0.819. The van der Waals surface area contributed by atoms with E-state index in [2.05, 4.69) is 47.7 Å².